The number of anilines is 1. The second-order valence-electron chi connectivity index (χ2n) is 5.11. The number of rotatable bonds is 3. The highest BCUT2D eigenvalue weighted by molar-refractivity contribution is 5.91. The van der Waals surface area contributed by atoms with Crippen molar-refractivity contribution in [3.05, 3.63) is 60.3 Å². The van der Waals surface area contributed by atoms with E-state index < -0.39 is 11.7 Å². The Hall–Kier alpha value is -2.70. The summed E-state index contributed by atoms with van der Waals surface area (Å²) < 4.78 is 38.4. The van der Waals surface area contributed by atoms with Crippen LogP contribution >= 0.6 is 0 Å². The van der Waals surface area contributed by atoms with Crippen molar-refractivity contribution in [2.24, 2.45) is 0 Å². The predicted molar refractivity (Wildman–Crippen MR) is 80.9 cm³/mol. The number of hydrogen-bond donors (Lipinski definition) is 0. The van der Waals surface area contributed by atoms with Crippen LogP contribution in [0.5, 0.6) is 0 Å². The summed E-state index contributed by atoms with van der Waals surface area (Å²) >= 11 is 0. The SMILES string of the molecule is CN(Cc1cnccn1)c1ccnc2cc(C(F)(F)F)ccc12. The maximum absolute atomic E-state index is 12.8. The maximum atomic E-state index is 12.8. The fourth-order valence-corrected chi connectivity index (χ4v) is 2.38. The van der Waals surface area contributed by atoms with Gasteiger partial charge in [-0.15, -0.1) is 0 Å². The van der Waals surface area contributed by atoms with Gasteiger partial charge in [0.05, 0.1) is 29.5 Å². The fourth-order valence-electron chi connectivity index (χ4n) is 2.38. The Balaban J connectivity index is 1.98. The zero-order valence-electron chi connectivity index (χ0n) is 12.2. The summed E-state index contributed by atoms with van der Waals surface area (Å²) in [7, 11) is 1.85. The molecule has 2 aromatic heterocycles. The molecule has 0 saturated carbocycles. The van der Waals surface area contributed by atoms with E-state index in [4.69, 9.17) is 0 Å². The molecule has 0 aliphatic rings. The first-order chi connectivity index (χ1) is 10.9. The number of alkyl halides is 3. The van der Waals surface area contributed by atoms with Gasteiger partial charge in [-0.3, -0.25) is 15.0 Å². The van der Waals surface area contributed by atoms with Crippen molar-refractivity contribution in [2.45, 2.75) is 12.7 Å². The predicted octanol–water partition coefficient (Wildman–Crippen LogP) is 3.68. The van der Waals surface area contributed by atoms with Gasteiger partial charge in [0.2, 0.25) is 0 Å². The van der Waals surface area contributed by atoms with Gasteiger partial charge in [-0.25, -0.2) is 0 Å². The van der Waals surface area contributed by atoms with Gasteiger partial charge in [-0.05, 0) is 18.2 Å². The molecule has 0 amide bonds. The summed E-state index contributed by atoms with van der Waals surface area (Å²) in [6.07, 6.45) is 1.97. The van der Waals surface area contributed by atoms with Crippen LogP contribution < -0.4 is 4.90 Å². The molecule has 0 N–H and O–H groups in total. The molecule has 4 nitrogen and oxygen atoms in total. The van der Waals surface area contributed by atoms with Crippen molar-refractivity contribution >= 4 is 16.6 Å². The summed E-state index contributed by atoms with van der Waals surface area (Å²) in [6.45, 7) is 0.494. The molecule has 1 aromatic carbocycles. The summed E-state index contributed by atoms with van der Waals surface area (Å²) in [5, 5.41) is 0.659. The van der Waals surface area contributed by atoms with E-state index in [2.05, 4.69) is 15.0 Å². The molecule has 0 spiro atoms. The molecule has 2 heterocycles. The highest BCUT2D eigenvalue weighted by atomic mass is 19.4. The molecule has 0 aliphatic heterocycles. The first-order valence-corrected chi connectivity index (χ1v) is 6.87. The quantitative estimate of drug-likeness (QED) is 0.739. The van der Waals surface area contributed by atoms with Crippen LogP contribution in [0.2, 0.25) is 0 Å². The molecule has 0 fully saturated rings. The molecule has 0 atom stereocenters. The van der Waals surface area contributed by atoms with Gasteiger partial charge < -0.3 is 4.90 Å². The Kier molecular flexibility index (Phi) is 3.85. The first kappa shape index (κ1) is 15.2. The number of benzene rings is 1. The van der Waals surface area contributed by atoms with Crippen LogP contribution in [0.25, 0.3) is 10.9 Å². The van der Waals surface area contributed by atoms with Crippen LogP contribution in [0.15, 0.2) is 49.1 Å². The van der Waals surface area contributed by atoms with Gasteiger partial charge in [-0.2, -0.15) is 13.2 Å². The van der Waals surface area contributed by atoms with E-state index >= 15 is 0 Å². The van der Waals surface area contributed by atoms with Crippen LogP contribution in [0, 0.1) is 0 Å². The van der Waals surface area contributed by atoms with E-state index in [-0.39, 0.29) is 0 Å². The molecular formula is C16H13F3N4. The zero-order chi connectivity index (χ0) is 16.4. The van der Waals surface area contributed by atoms with E-state index in [1.165, 1.54) is 12.3 Å². The van der Waals surface area contributed by atoms with Crippen molar-refractivity contribution in [2.75, 3.05) is 11.9 Å². The van der Waals surface area contributed by atoms with Crippen molar-refractivity contribution in [3.63, 3.8) is 0 Å². The smallest absolute Gasteiger partial charge is 0.368 e. The normalized spacial score (nSPS) is 11.7. The van der Waals surface area contributed by atoms with Gasteiger partial charge in [0.1, 0.15) is 0 Å². The number of halogens is 3. The van der Waals surface area contributed by atoms with Crippen molar-refractivity contribution in [3.8, 4) is 0 Å². The highest BCUT2D eigenvalue weighted by Crippen LogP contribution is 2.33. The zero-order valence-corrected chi connectivity index (χ0v) is 12.2. The second kappa shape index (κ2) is 5.83. The summed E-state index contributed by atoms with van der Waals surface area (Å²) in [4.78, 5) is 14.2. The van der Waals surface area contributed by atoms with Crippen molar-refractivity contribution < 1.29 is 13.2 Å². The number of pyridine rings is 1. The molecule has 0 saturated heterocycles. The Morgan fingerprint density at radius 3 is 2.57 bits per heavy atom. The second-order valence-corrected chi connectivity index (χ2v) is 5.11. The van der Waals surface area contributed by atoms with Gasteiger partial charge in [-0.1, -0.05) is 6.07 Å². The van der Waals surface area contributed by atoms with Gasteiger partial charge in [0.25, 0.3) is 0 Å². The van der Waals surface area contributed by atoms with E-state index in [1.54, 1.807) is 24.7 Å². The first-order valence-electron chi connectivity index (χ1n) is 6.87. The lowest BCUT2D eigenvalue weighted by Gasteiger charge is -2.20. The lowest BCUT2D eigenvalue weighted by molar-refractivity contribution is -0.137. The summed E-state index contributed by atoms with van der Waals surface area (Å²) in [5.41, 5.74) is 1.16. The van der Waals surface area contributed by atoms with E-state index in [0.29, 0.717) is 17.4 Å². The topological polar surface area (TPSA) is 41.9 Å². The molecule has 3 aromatic rings. The largest absolute Gasteiger partial charge is 0.416 e. The van der Waals surface area contributed by atoms with Crippen LogP contribution in [0.1, 0.15) is 11.3 Å². The molecule has 0 radical (unpaired) electrons. The average molecular weight is 318 g/mol. The molecule has 23 heavy (non-hydrogen) atoms. The molecule has 0 bridgehead atoms. The molecule has 0 unspecified atom stereocenters. The third-order valence-corrected chi connectivity index (χ3v) is 3.47. The highest BCUT2D eigenvalue weighted by Gasteiger charge is 2.30. The Bertz CT molecular complexity index is 818. The number of fused-ring (bicyclic) bond motifs is 1. The van der Waals surface area contributed by atoms with Crippen LogP contribution in [0.3, 0.4) is 0 Å². The minimum Gasteiger partial charge on any atom is -0.368 e. The number of aromatic nitrogens is 3. The van der Waals surface area contributed by atoms with Crippen molar-refractivity contribution in [1.29, 1.82) is 0 Å². The molecule has 7 heteroatoms. The average Bonchev–Trinajstić information content (AvgIpc) is 2.54. The van der Waals surface area contributed by atoms with Gasteiger partial charge in [0.15, 0.2) is 0 Å². The maximum Gasteiger partial charge on any atom is 0.416 e. The third-order valence-electron chi connectivity index (χ3n) is 3.47. The lowest BCUT2D eigenvalue weighted by atomic mass is 10.1. The monoisotopic (exact) mass is 318 g/mol. The Morgan fingerprint density at radius 2 is 1.87 bits per heavy atom. The van der Waals surface area contributed by atoms with Crippen molar-refractivity contribution in [1.82, 2.24) is 15.0 Å². The fraction of sp³-hybridized carbons (Fsp3) is 0.188. The third kappa shape index (κ3) is 3.23. The van der Waals surface area contributed by atoms with Crippen LogP contribution in [-0.2, 0) is 12.7 Å². The summed E-state index contributed by atoms with van der Waals surface area (Å²) in [6, 6.07) is 5.36. The molecular weight excluding hydrogens is 305 g/mol. The van der Waals surface area contributed by atoms with Gasteiger partial charge >= 0.3 is 6.18 Å². The van der Waals surface area contributed by atoms with Crippen LogP contribution in [0.4, 0.5) is 18.9 Å². The number of hydrogen-bond acceptors (Lipinski definition) is 4. The minimum atomic E-state index is -4.38. The lowest BCUT2D eigenvalue weighted by Crippen LogP contribution is -2.17. The van der Waals surface area contributed by atoms with E-state index in [0.717, 1.165) is 23.5 Å². The van der Waals surface area contributed by atoms with E-state index in [9.17, 15) is 13.2 Å². The molecule has 118 valence electrons. The number of nitrogens with zero attached hydrogens (tertiary/aromatic N) is 4. The Morgan fingerprint density at radius 1 is 1.04 bits per heavy atom. The van der Waals surface area contributed by atoms with Gasteiger partial charge in [0, 0.05) is 36.7 Å². The van der Waals surface area contributed by atoms with Crippen LogP contribution in [-0.4, -0.2) is 22.0 Å². The summed E-state index contributed by atoms with van der Waals surface area (Å²) in [5.74, 6) is 0. The standard InChI is InChI=1S/C16H13F3N4/c1-23(10-12-9-20-6-7-21-12)15-4-5-22-14-8-11(16(17,18)19)2-3-13(14)15/h2-9H,10H2,1H3. The Labute approximate surface area is 130 Å². The van der Waals surface area contributed by atoms with E-state index in [1.807, 2.05) is 11.9 Å². The minimum absolute atomic E-state index is 0.309. The molecule has 0 aliphatic carbocycles. The molecule has 3 rings (SSSR count).